The van der Waals surface area contributed by atoms with Crippen molar-refractivity contribution in [2.75, 3.05) is 13.2 Å². The van der Waals surface area contributed by atoms with Crippen LogP contribution in [0.4, 0.5) is 4.79 Å². The van der Waals surface area contributed by atoms with Gasteiger partial charge in [-0.15, -0.1) is 0 Å². The summed E-state index contributed by atoms with van der Waals surface area (Å²) in [7, 11) is 0. The van der Waals surface area contributed by atoms with Crippen molar-refractivity contribution >= 4 is 12.1 Å². The Morgan fingerprint density at radius 2 is 2.14 bits per heavy atom. The average Bonchev–Trinajstić information content (AvgIpc) is 2.49. The summed E-state index contributed by atoms with van der Waals surface area (Å²) in [5.41, 5.74) is 0. The van der Waals surface area contributed by atoms with Gasteiger partial charge in [0.25, 0.3) is 0 Å². The molecule has 0 aromatic rings. The lowest BCUT2D eigenvalue weighted by molar-refractivity contribution is -0.141. The maximum Gasteiger partial charge on any atom is 0.408 e. The van der Waals surface area contributed by atoms with Crippen LogP contribution in [0.25, 0.3) is 0 Å². The molecule has 0 aromatic heterocycles. The van der Waals surface area contributed by atoms with Crippen molar-refractivity contribution in [3.05, 3.63) is 0 Å². The van der Waals surface area contributed by atoms with Crippen molar-refractivity contribution in [3.8, 4) is 0 Å². The zero-order chi connectivity index (χ0) is 10.7. The minimum atomic E-state index is -1.21. The predicted octanol–water partition coefficient (Wildman–Crippen LogP) is 0.228. The van der Waals surface area contributed by atoms with Gasteiger partial charge < -0.3 is 14.9 Å². The molecule has 0 saturated carbocycles. The van der Waals surface area contributed by atoms with Crippen LogP contribution in [0.2, 0.25) is 0 Å². The Morgan fingerprint density at radius 3 is 2.50 bits per heavy atom. The maximum absolute atomic E-state index is 10.7. The van der Waals surface area contributed by atoms with Crippen molar-refractivity contribution in [1.29, 1.82) is 0 Å². The number of hydrogen-bond acceptors (Lipinski definition) is 3. The van der Waals surface area contributed by atoms with Crippen LogP contribution in [-0.4, -0.2) is 52.5 Å². The van der Waals surface area contributed by atoms with Gasteiger partial charge in [0.05, 0.1) is 12.6 Å². The van der Waals surface area contributed by atoms with Gasteiger partial charge in [0.2, 0.25) is 0 Å². The van der Waals surface area contributed by atoms with Crippen LogP contribution >= 0.6 is 0 Å². The summed E-state index contributed by atoms with van der Waals surface area (Å²) >= 11 is 0. The fraction of sp³-hybridized carbons (Fsp3) is 0.750. The molecular weight excluding hydrogens is 190 g/mol. The van der Waals surface area contributed by atoms with E-state index in [9.17, 15) is 9.59 Å². The largest absolute Gasteiger partial charge is 0.480 e. The second kappa shape index (κ2) is 4.28. The van der Waals surface area contributed by atoms with E-state index < -0.39 is 18.1 Å². The molecule has 1 amide bonds. The number of ether oxygens (including phenoxy) is 1. The molecule has 1 rings (SSSR count). The minimum Gasteiger partial charge on any atom is -0.480 e. The third-order valence-corrected chi connectivity index (χ3v) is 2.20. The molecule has 2 atom stereocenters. The quantitative estimate of drug-likeness (QED) is 0.685. The number of aliphatic carboxylic acids is 1. The summed E-state index contributed by atoms with van der Waals surface area (Å²) in [6, 6.07) is -0.968. The van der Waals surface area contributed by atoms with Gasteiger partial charge in [-0.2, -0.15) is 0 Å². The highest BCUT2D eigenvalue weighted by Gasteiger charge is 2.40. The number of carbonyl (C=O) groups is 2. The Labute approximate surface area is 81.1 Å². The molecule has 1 fully saturated rings. The number of nitrogens with zero attached hydrogens (tertiary/aromatic N) is 1. The normalized spacial score (nSPS) is 26.5. The molecule has 0 bridgehead atoms. The zero-order valence-corrected chi connectivity index (χ0v) is 7.84. The summed E-state index contributed by atoms with van der Waals surface area (Å²) in [6.07, 6.45) is -1.27. The van der Waals surface area contributed by atoms with Crippen molar-refractivity contribution in [1.82, 2.24) is 4.90 Å². The van der Waals surface area contributed by atoms with Gasteiger partial charge in [-0.3, -0.25) is 4.90 Å². The molecule has 80 valence electrons. The molecular formula is C8H13NO5. The summed E-state index contributed by atoms with van der Waals surface area (Å²) in [5.74, 6) is -1.12. The Morgan fingerprint density at radius 1 is 1.50 bits per heavy atom. The van der Waals surface area contributed by atoms with Crippen LogP contribution in [0.15, 0.2) is 0 Å². The SMILES string of the molecule is CCO[C@@H]1C[C@H](C(=O)O)N(C(=O)O)C1. The van der Waals surface area contributed by atoms with E-state index in [0.717, 1.165) is 4.90 Å². The van der Waals surface area contributed by atoms with E-state index >= 15 is 0 Å². The van der Waals surface area contributed by atoms with E-state index in [1.807, 2.05) is 0 Å². The van der Waals surface area contributed by atoms with Crippen LogP contribution in [0, 0.1) is 0 Å². The van der Waals surface area contributed by atoms with Crippen LogP contribution in [0.5, 0.6) is 0 Å². The molecule has 0 unspecified atom stereocenters. The van der Waals surface area contributed by atoms with Gasteiger partial charge in [0.1, 0.15) is 6.04 Å². The lowest BCUT2D eigenvalue weighted by atomic mass is 10.2. The number of likely N-dealkylation sites (tertiary alicyclic amines) is 1. The smallest absolute Gasteiger partial charge is 0.408 e. The zero-order valence-electron chi connectivity index (χ0n) is 7.84. The van der Waals surface area contributed by atoms with Crippen LogP contribution in [-0.2, 0) is 9.53 Å². The Balaban J connectivity index is 2.65. The van der Waals surface area contributed by atoms with Gasteiger partial charge in [-0.25, -0.2) is 9.59 Å². The molecule has 1 saturated heterocycles. The number of amides is 1. The van der Waals surface area contributed by atoms with E-state index in [-0.39, 0.29) is 19.1 Å². The monoisotopic (exact) mass is 203 g/mol. The summed E-state index contributed by atoms with van der Waals surface area (Å²) in [6.45, 7) is 2.39. The molecule has 0 radical (unpaired) electrons. The Kier molecular flexibility index (Phi) is 3.29. The highest BCUT2D eigenvalue weighted by molar-refractivity contribution is 5.80. The second-order valence-electron chi connectivity index (χ2n) is 3.10. The first-order valence-corrected chi connectivity index (χ1v) is 4.40. The Hall–Kier alpha value is -1.30. The minimum absolute atomic E-state index is 0.139. The van der Waals surface area contributed by atoms with E-state index in [0.29, 0.717) is 6.61 Å². The van der Waals surface area contributed by atoms with E-state index in [1.54, 1.807) is 6.92 Å². The second-order valence-corrected chi connectivity index (χ2v) is 3.10. The first-order valence-electron chi connectivity index (χ1n) is 4.40. The highest BCUT2D eigenvalue weighted by Crippen LogP contribution is 2.20. The van der Waals surface area contributed by atoms with E-state index in [2.05, 4.69) is 0 Å². The molecule has 2 N–H and O–H groups in total. The van der Waals surface area contributed by atoms with Crippen molar-refractivity contribution in [2.45, 2.75) is 25.5 Å². The van der Waals surface area contributed by atoms with Crippen LogP contribution in [0.3, 0.4) is 0 Å². The fourth-order valence-electron chi connectivity index (χ4n) is 1.60. The maximum atomic E-state index is 10.7. The fourth-order valence-corrected chi connectivity index (χ4v) is 1.60. The summed E-state index contributed by atoms with van der Waals surface area (Å²) in [5, 5.41) is 17.5. The van der Waals surface area contributed by atoms with E-state index in [1.165, 1.54) is 0 Å². The molecule has 14 heavy (non-hydrogen) atoms. The van der Waals surface area contributed by atoms with Crippen molar-refractivity contribution in [2.24, 2.45) is 0 Å². The standard InChI is InChI=1S/C8H13NO5/c1-2-14-5-3-6(7(10)11)9(4-5)8(12)13/h5-6H,2-4H2,1H3,(H,10,11)(H,12,13)/t5-,6-/m1/s1. The first-order chi connectivity index (χ1) is 6.56. The van der Waals surface area contributed by atoms with Gasteiger partial charge in [0, 0.05) is 13.0 Å². The van der Waals surface area contributed by atoms with Crippen LogP contribution < -0.4 is 0 Å². The number of carboxylic acids is 1. The van der Waals surface area contributed by atoms with Gasteiger partial charge >= 0.3 is 12.1 Å². The third kappa shape index (κ3) is 2.14. The predicted molar refractivity (Wildman–Crippen MR) is 46.2 cm³/mol. The number of carboxylic acid groups (broad SMARTS) is 2. The first kappa shape index (κ1) is 10.8. The number of hydrogen-bond donors (Lipinski definition) is 2. The third-order valence-electron chi connectivity index (χ3n) is 2.20. The molecule has 1 aliphatic heterocycles. The van der Waals surface area contributed by atoms with Crippen molar-refractivity contribution < 1.29 is 24.5 Å². The molecule has 1 heterocycles. The molecule has 0 aliphatic carbocycles. The average molecular weight is 203 g/mol. The van der Waals surface area contributed by atoms with E-state index in [4.69, 9.17) is 14.9 Å². The van der Waals surface area contributed by atoms with Gasteiger partial charge in [0.15, 0.2) is 0 Å². The molecule has 0 spiro atoms. The van der Waals surface area contributed by atoms with Crippen molar-refractivity contribution in [3.63, 3.8) is 0 Å². The molecule has 6 nitrogen and oxygen atoms in total. The Bertz CT molecular complexity index is 220. The van der Waals surface area contributed by atoms with Gasteiger partial charge in [-0.05, 0) is 6.92 Å². The molecule has 6 heteroatoms. The highest BCUT2D eigenvalue weighted by atomic mass is 16.5. The summed E-state index contributed by atoms with van der Waals surface area (Å²) < 4.78 is 5.20. The number of rotatable bonds is 3. The summed E-state index contributed by atoms with van der Waals surface area (Å²) in [4.78, 5) is 22.3. The van der Waals surface area contributed by atoms with Crippen LogP contribution in [0.1, 0.15) is 13.3 Å². The lowest BCUT2D eigenvalue weighted by Crippen LogP contribution is -2.39. The molecule has 0 aromatic carbocycles. The topological polar surface area (TPSA) is 87.1 Å². The molecule has 1 aliphatic rings. The lowest BCUT2D eigenvalue weighted by Gasteiger charge is -2.16. The van der Waals surface area contributed by atoms with Gasteiger partial charge in [-0.1, -0.05) is 0 Å².